The molecule has 7 heteroatoms. The van der Waals surface area contributed by atoms with Gasteiger partial charge in [0.15, 0.2) is 5.76 Å². The molecule has 4 rings (SSSR count). The minimum absolute atomic E-state index is 0.155. The molecule has 1 N–H and O–H groups in total. The highest BCUT2D eigenvalue weighted by atomic mass is 16.3. The third kappa shape index (κ3) is 2.39. The van der Waals surface area contributed by atoms with Crippen LogP contribution in [0, 0.1) is 6.92 Å². The summed E-state index contributed by atoms with van der Waals surface area (Å²) in [5.74, 6) is -0.0436. The molecule has 1 atom stereocenters. The Hall–Kier alpha value is -3.09. The summed E-state index contributed by atoms with van der Waals surface area (Å²) in [5.41, 5.74) is 2.33. The molecule has 128 valence electrons. The number of likely N-dealkylation sites (N-methyl/N-ethyl adjacent to an activating group) is 1. The number of furan rings is 1. The van der Waals surface area contributed by atoms with Crippen molar-refractivity contribution in [3.05, 3.63) is 53.8 Å². The van der Waals surface area contributed by atoms with E-state index < -0.39 is 6.04 Å². The smallest absolute Gasteiger partial charge is 0.290 e. The van der Waals surface area contributed by atoms with Gasteiger partial charge in [0.05, 0.1) is 25.1 Å². The summed E-state index contributed by atoms with van der Waals surface area (Å²) in [6.07, 6.45) is 3.31. The first-order valence-corrected chi connectivity index (χ1v) is 8.10. The van der Waals surface area contributed by atoms with Gasteiger partial charge >= 0.3 is 0 Å². The minimum atomic E-state index is -0.495. The molecule has 1 aliphatic rings. The molecule has 0 fully saturated rings. The average molecular weight is 338 g/mol. The fourth-order valence-electron chi connectivity index (χ4n) is 3.34. The predicted molar refractivity (Wildman–Crippen MR) is 91.0 cm³/mol. The van der Waals surface area contributed by atoms with E-state index in [0.717, 1.165) is 16.6 Å². The summed E-state index contributed by atoms with van der Waals surface area (Å²) in [6, 6.07) is 7.08. The van der Waals surface area contributed by atoms with Crippen LogP contribution in [0.25, 0.3) is 11.0 Å². The molecule has 0 unspecified atom stereocenters. The molecule has 3 aromatic rings. The first-order chi connectivity index (χ1) is 12.1. The van der Waals surface area contributed by atoms with Crippen molar-refractivity contribution in [3.8, 4) is 0 Å². The number of carbonyl (C=O) groups is 2. The van der Waals surface area contributed by atoms with Gasteiger partial charge < -0.3 is 19.2 Å². The molecule has 0 radical (unpaired) electrons. The van der Waals surface area contributed by atoms with Gasteiger partial charge in [0, 0.05) is 24.2 Å². The zero-order chi connectivity index (χ0) is 17.6. The highest BCUT2D eigenvalue weighted by Gasteiger charge is 2.34. The van der Waals surface area contributed by atoms with Crippen molar-refractivity contribution in [1.82, 2.24) is 19.8 Å². The van der Waals surface area contributed by atoms with E-state index in [4.69, 9.17) is 4.42 Å². The van der Waals surface area contributed by atoms with E-state index in [1.807, 2.05) is 35.8 Å². The molecule has 0 saturated carbocycles. The quantitative estimate of drug-likeness (QED) is 0.774. The molecule has 7 nitrogen and oxygen atoms in total. The monoisotopic (exact) mass is 338 g/mol. The molecule has 1 aromatic carbocycles. The van der Waals surface area contributed by atoms with Crippen molar-refractivity contribution in [1.29, 1.82) is 0 Å². The van der Waals surface area contributed by atoms with Crippen LogP contribution in [0.3, 0.4) is 0 Å². The van der Waals surface area contributed by atoms with Crippen molar-refractivity contribution in [2.75, 3.05) is 13.6 Å². The summed E-state index contributed by atoms with van der Waals surface area (Å²) in [5, 5.41) is 3.58. The van der Waals surface area contributed by atoms with Gasteiger partial charge in [-0.1, -0.05) is 18.2 Å². The van der Waals surface area contributed by atoms with Crippen LogP contribution in [-0.2, 0) is 11.3 Å². The van der Waals surface area contributed by atoms with Gasteiger partial charge in [-0.05, 0) is 13.0 Å². The maximum absolute atomic E-state index is 13.0. The standard InChI is InChI=1S/C18H18N4O3/c1-11-13-5-3-4-6-15(13)25-16(11)18(24)21-8-12-7-20-10-22(12)14(9-21)17(23)19-2/h3-7,10,14H,8-9H2,1-2H3,(H,19,23)/t14-/m1/s1. The summed E-state index contributed by atoms with van der Waals surface area (Å²) < 4.78 is 7.60. The van der Waals surface area contributed by atoms with Crippen molar-refractivity contribution in [2.24, 2.45) is 0 Å². The van der Waals surface area contributed by atoms with E-state index in [1.165, 1.54) is 0 Å². The summed E-state index contributed by atoms with van der Waals surface area (Å²) in [6.45, 7) is 2.55. The molecule has 2 amide bonds. The number of fused-ring (bicyclic) bond motifs is 2. The summed E-state index contributed by atoms with van der Waals surface area (Å²) in [7, 11) is 1.59. The molecule has 3 heterocycles. The second kappa shape index (κ2) is 5.77. The number of carbonyl (C=O) groups excluding carboxylic acids is 2. The first-order valence-electron chi connectivity index (χ1n) is 8.10. The number of benzene rings is 1. The Morgan fingerprint density at radius 1 is 1.32 bits per heavy atom. The third-order valence-electron chi connectivity index (χ3n) is 4.70. The SMILES string of the molecule is CNC(=O)[C@H]1CN(C(=O)c2oc3ccccc3c2C)Cc2cncn21. The molecular weight excluding hydrogens is 320 g/mol. The lowest BCUT2D eigenvalue weighted by molar-refractivity contribution is -0.124. The van der Waals surface area contributed by atoms with Crippen LogP contribution in [0.4, 0.5) is 0 Å². The van der Waals surface area contributed by atoms with Gasteiger partial charge in [-0.25, -0.2) is 4.98 Å². The van der Waals surface area contributed by atoms with E-state index in [0.29, 0.717) is 17.9 Å². The molecular formula is C18H18N4O3. The third-order valence-corrected chi connectivity index (χ3v) is 4.70. The topological polar surface area (TPSA) is 80.4 Å². The lowest BCUT2D eigenvalue weighted by Crippen LogP contribution is -2.45. The molecule has 0 aliphatic carbocycles. The van der Waals surface area contributed by atoms with Gasteiger partial charge in [-0.2, -0.15) is 0 Å². The maximum atomic E-state index is 13.0. The van der Waals surface area contributed by atoms with E-state index in [-0.39, 0.29) is 18.4 Å². The lowest BCUT2D eigenvalue weighted by atomic mass is 10.1. The lowest BCUT2D eigenvalue weighted by Gasteiger charge is -2.33. The number of hydrogen-bond donors (Lipinski definition) is 1. The van der Waals surface area contributed by atoms with Gasteiger partial charge in [0.25, 0.3) is 5.91 Å². The zero-order valence-electron chi connectivity index (χ0n) is 14.0. The van der Waals surface area contributed by atoms with Crippen molar-refractivity contribution in [2.45, 2.75) is 19.5 Å². The van der Waals surface area contributed by atoms with Crippen LogP contribution in [-0.4, -0.2) is 39.9 Å². The molecule has 0 bridgehead atoms. The fraction of sp³-hybridized carbons (Fsp3) is 0.278. The van der Waals surface area contributed by atoms with E-state index in [1.54, 1.807) is 24.5 Å². The van der Waals surface area contributed by atoms with E-state index in [2.05, 4.69) is 10.3 Å². The highest BCUT2D eigenvalue weighted by Crippen LogP contribution is 2.28. The van der Waals surface area contributed by atoms with Crippen molar-refractivity contribution in [3.63, 3.8) is 0 Å². The number of nitrogens with one attached hydrogen (secondary N) is 1. The maximum Gasteiger partial charge on any atom is 0.290 e. The van der Waals surface area contributed by atoms with Gasteiger partial charge in [-0.15, -0.1) is 0 Å². The molecule has 1 aliphatic heterocycles. The number of nitrogens with zero attached hydrogens (tertiary/aromatic N) is 3. The Morgan fingerprint density at radius 2 is 2.12 bits per heavy atom. The normalized spacial score (nSPS) is 16.7. The molecule has 25 heavy (non-hydrogen) atoms. The van der Waals surface area contributed by atoms with E-state index in [9.17, 15) is 9.59 Å². The second-order valence-electron chi connectivity index (χ2n) is 6.16. The minimum Gasteiger partial charge on any atom is -0.451 e. The number of amides is 2. The highest BCUT2D eigenvalue weighted by molar-refractivity contribution is 5.99. The Bertz CT molecular complexity index is 972. The van der Waals surface area contributed by atoms with E-state index >= 15 is 0 Å². The summed E-state index contributed by atoms with van der Waals surface area (Å²) >= 11 is 0. The fourth-order valence-corrected chi connectivity index (χ4v) is 3.34. The Balaban J connectivity index is 1.70. The van der Waals surface area contributed by atoms with Crippen LogP contribution >= 0.6 is 0 Å². The zero-order valence-corrected chi connectivity index (χ0v) is 14.0. The Labute approximate surface area is 144 Å². The number of aromatic nitrogens is 2. The Kier molecular flexibility index (Phi) is 3.56. The Morgan fingerprint density at radius 3 is 2.88 bits per heavy atom. The van der Waals surface area contributed by atoms with Crippen LogP contribution in [0.2, 0.25) is 0 Å². The molecule has 0 saturated heterocycles. The number of imidazole rings is 1. The van der Waals surface area contributed by atoms with Crippen molar-refractivity contribution < 1.29 is 14.0 Å². The number of hydrogen-bond acceptors (Lipinski definition) is 4. The average Bonchev–Trinajstić information content (AvgIpc) is 3.24. The number of aryl methyl sites for hydroxylation is 1. The largest absolute Gasteiger partial charge is 0.451 e. The number of para-hydroxylation sites is 1. The van der Waals surface area contributed by atoms with Crippen molar-refractivity contribution >= 4 is 22.8 Å². The molecule has 0 spiro atoms. The van der Waals surface area contributed by atoms with Crippen LogP contribution in [0.1, 0.15) is 27.9 Å². The summed E-state index contributed by atoms with van der Waals surface area (Å²) in [4.78, 5) is 31.0. The number of rotatable bonds is 2. The van der Waals surface area contributed by atoms with Crippen LogP contribution in [0.5, 0.6) is 0 Å². The van der Waals surface area contributed by atoms with Crippen LogP contribution in [0.15, 0.2) is 41.2 Å². The first kappa shape index (κ1) is 15.4. The molecule has 2 aromatic heterocycles. The van der Waals surface area contributed by atoms with Gasteiger partial charge in [0.2, 0.25) is 5.91 Å². The second-order valence-corrected chi connectivity index (χ2v) is 6.16. The van der Waals surface area contributed by atoms with Crippen LogP contribution < -0.4 is 5.32 Å². The van der Waals surface area contributed by atoms with Gasteiger partial charge in [-0.3, -0.25) is 9.59 Å². The van der Waals surface area contributed by atoms with Gasteiger partial charge in [0.1, 0.15) is 11.6 Å². The predicted octanol–water partition coefficient (Wildman–Crippen LogP) is 1.88.